The quantitative estimate of drug-likeness (QED) is 0.727. The van der Waals surface area contributed by atoms with E-state index in [2.05, 4.69) is 15.3 Å². The van der Waals surface area contributed by atoms with E-state index < -0.39 is 17.6 Å². The standard InChI is InChI=1S/C13H13N3O4/c1-2-20-12(18)8-3-5-9(6-4-8)15-11(17)10-7-14-13(19)16-10/h3-7H,2H2,1H3,(H,15,17)(H2,14,16,19). The fourth-order valence-corrected chi connectivity index (χ4v) is 1.56. The molecule has 0 atom stereocenters. The number of anilines is 1. The largest absolute Gasteiger partial charge is 0.462 e. The maximum atomic E-state index is 11.8. The van der Waals surface area contributed by atoms with E-state index in [4.69, 9.17) is 4.74 Å². The first-order chi connectivity index (χ1) is 9.60. The lowest BCUT2D eigenvalue weighted by Gasteiger charge is -2.05. The highest BCUT2D eigenvalue weighted by Crippen LogP contribution is 2.11. The molecule has 1 aromatic heterocycles. The second-order valence-corrected chi connectivity index (χ2v) is 3.91. The Hall–Kier alpha value is -2.83. The number of amides is 1. The maximum Gasteiger partial charge on any atom is 0.338 e. The molecule has 0 unspecified atom stereocenters. The molecule has 0 spiro atoms. The number of benzene rings is 1. The van der Waals surface area contributed by atoms with Crippen LogP contribution in [-0.4, -0.2) is 28.5 Å². The van der Waals surface area contributed by atoms with Gasteiger partial charge in [0.25, 0.3) is 5.91 Å². The van der Waals surface area contributed by atoms with Crippen LogP contribution in [0, 0.1) is 0 Å². The summed E-state index contributed by atoms with van der Waals surface area (Å²) in [7, 11) is 0. The number of rotatable bonds is 4. The number of imidazole rings is 1. The van der Waals surface area contributed by atoms with Crippen molar-refractivity contribution in [3.63, 3.8) is 0 Å². The molecular formula is C13H13N3O4. The smallest absolute Gasteiger partial charge is 0.338 e. The van der Waals surface area contributed by atoms with Gasteiger partial charge in [-0.25, -0.2) is 9.59 Å². The molecule has 7 nitrogen and oxygen atoms in total. The van der Waals surface area contributed by atoms with Crippen molar-refractivity contribution in [2.24, 2.45) is 0 Å². The number of hydrogen-bond donors (Lipinski definition) is 3. The van der Waals surface area contributed by atoms with Crippen LogP contribution in [0.1, 0.15) is 27.8 Å². The van der Waals surface area contributed by atoms with Crippen LogP contribution in [0.2, 0.25) is 0 Å². The summed E-state index contributed by atoms with van der Waals surface area (Å²) in [6.45, 7) is 2.03. The Labute approximate surface area is 114 Å². The molecule has 0 aliphatic carbocycles. The fourth-order valence-electron chi connectivity index (χ4n) is 1.56. The molecule has 2 aromatic rings. The molecule has 0 saturated heterocycles. The average molecular weight is 275 g/mol. The lowest BCUT2D eigenvalue weighted by atomic mass is 10.2. The molecule has 7 heteroatoms. The molecule has 0 bridgehead atoms. The Morgan fingerprint density at radius 2 is 1.95 bits per heavy atom. The second kappa shape index (κ2) is 5.87. The zero-order valence-electron chi connectivity index (χ0n) is 10.7. The summed E-state index contributed by atoms with van der Waals surface area (Å²) in [6.07, 6.45) is 1.28. The Kier molecular flexibility index (Phi) is 3.99. The van der Waals surface area contributed by atoms with E-state index in [0.29, 0.717) is 17.9 Å². The van der Waals surface area contributed by atoms with Gasteiger partial charge in [0.1, 0.15) is 5.69 Å². The summed E-state index contributed by atoms with van der Waals surface area (Å²) in [6, 6.07) is 6.25. The van der Waals surface area contributed by atoms with Crippen LogP contribution < -0.4 is 11.0 Å². The lowest BCUT2D eigenvalue weighted by molar-refractivity contribution is 0.0526. The number of nitrogens with one attached hydrogen (secondary N) is 3. The van der Waals surface area contributed by atoms with E-state index >= 15 is 0 Å². The number of carbonyl (C=O) groups is 2. The van der Waals surface area contributed by atoms with Crippen molar-refractivity contribution in [2.75, 3.05) is 11.9 Å². The van der Waals surface area contributed by atoms with Crippen LogP contribution in [0.5, 0.6) is 0 Å². The van der Waals surface area contributed by atoms with Gasteiger partial charge in [-0.1, -0.05) is 0 Å². The summed E-state index contributed by atoms with van der Waals surface area (Å²) in [4.78, 5) is 38.8. The summed E-state index contributed by atoms with van der Waals surface area (Å²) in [5.41, 5.74) is 0.585. The van der Waals surface area contributed by atoms with Gasteiger partial charge in [0, 0.05) is 11.9 Å². The zero-order valence-corrected chi connectivity index (χ0v) is 10.7. The van der Waals surface area contributed by atoms with Crippen molar-refractivity contribution < 1.29 is 14.3 Å². The maximum absolute atomic E-state index is 11.8. The third-order valence-electron chi connectivity index (χ3n) is 2.49. The molecule has 3 N–H and O–H groups in total. The van der Waals surface area contributed by atoms with Crippen molar-refractivity contribution in [1.29, 1.82) is 0 Å². The summed E-state index contributed by atoms with van der Waals surface area (Å²) >= 11 is 0. The minimum atomic E-state index is -0.452. The van der Waals surface area contributed by atoms with E-state index in [1.807, 2.05) is 0 Å². The van der Waals surface area contributed by atoms with Gasteiger partial charge < -0.3 is 20.0 Å². The van der Waals surface area contributed by atoms with Crippen molar-refractivity contribution >= 4 is 17.6 Å². The Balaban J connectivity index is 2.05. The number of aromatic nitrogens is 2. The first-order valence-electron chi connectivity index (χ1n) is 5.96. The van der Waals surface area contributed by atoms with Crippen molar-refractivity contribution in [1.82, 2.24) is 9.97 Å². The zero-order chi connectivity index (χ0) is 14.5. The molecule has 104 valence electrons. The molecule has 0 fully saturated rings. The van der Waals surface area contributed by atoms with Crippen LogP contribution in [0.4, 0.5) is 5.69 Å². The third kappa shape index (κ3) is 3.14. The van der Waals surface area contributed by atoms with Crippen LogP contribution in [-0.2, 0) is 4.74 Å². The predicted octanol–water partition coefficient (Wildman–Crippen LogP) is 1.13. The van der Waals surface area contributed by atoms with E-state index in [-0.39, 0.29) is 5.69 Å². The second-order valence-electron chi connectivity index (χ2n) is 3.91. The number of esters is 1. The minimum Gasteiger partial charge on any atom is -0.462 e. The monoisotopic (exact) mass is 275 g/mol. The van der Waals surface area contributed by atoms with Crippen molar-refractivity contribution in [3.8, 4) is 0 Å². The molecule has 20 heavy (non-hydrogen) atoms. The minimum absolute atomic E-state index is 0.129. The molecule has 0 radical (unpaired) electrons. The molecule has 0 aliphatic rings. The average Bonchev–Trinajstić information content (AvgIpc) is 2.86. The first-order valence-corrected chi connectivity index (χ1v) is 5.96. The van der Waals surface area contributed by atoms with Gasteiger partial charge in [0.15, 0.2) is 0 Å². The van der Waals surface area contributed by atoms with Crippen LogP contribution in [0.3, 0.4) is 0 Å². The number of H-pyrrole nitrogens is 2. The van der Waals surface area contributed by atoms with Gasteiger partial charge in [0.2, 0.25) is 0 Å². The lowest BCUT2D eigenvalue weighted by Crippen LogP contribution is -2.14. The first kappa shape index (κ1) is 13.6. The molecular weight excluding hydrogens is 262 g/mol. The topological polar surface area (TPSA) is 104 Å². The predicted molar refractivity (Wildman–Crippen MR) is 71.8 cm³/mol. The van der Waals surface area contributed by atoms with Crippen LogP contribution >= 0.6 is 0 Å². The van der Waals surface area contributed by atoms with E-state index in [1.165, 1.54) is 6.20 Å². The van der Waals surface area contributed by atoms with E-state index in [9.17, 15) is 14.4 Å². The molecule has 1 heterocycles. The van der Waals surface area contributed by atoms with Gasteiger partial charge in [-0.15, -0.1) is 0 Å². The number of carbonyl (C=O) groups excluding carboxylic acids is 2. The number of aromatic amines is 2. The molecule has 0 aliphatic heterocycles. The summed E-state index contributed by atoms with van der Waals surface area (Å²) in [5.74, 6) is -0.868. The highest BCUT2D eigenvalue weighted by molar-refractivity contribution is 6.02. The Morgan fingerprint density at radius 3 is 2.50 bits per heavy atom. The van der Waals surface area contributed by atoms with Crippen LogP contribution in [0.25, 0.3) is 0 Å². The number of ether oxygens (including phenoxy) is 1. The van der Waals surface area contributed by atoms with Gasteiger partial charge in [-0.2, -0.15) is 0 Å². The van der Waals surface area contributed by atoms with Crippen molar-refractivity contribution in [3.05, 3.63) is 52.2 Å². The highest BCUT2D eigenvalue weighted by Gasteiger charge is 2.09. The van der Waals surface area contributed by atoms with Gasteiger partial charge in [-0.05, 0) is 31.2 Å². The fraction of sp³-hybridized carbons (Fsp3) is 0.154. The normalized spacial score (nSPS) is 10.1. The molecule has 2 rings (SSSR count). The van der Waals surface area contributed by atoms with Crippen LogP contribution in [0.15, 0.2) is 35.3 Å². The van der Waals surface area contributed by atoms with E-state index in [1.54, 1.807) is 31.2 Å². The van der Waals surface area contributed by atoms with Gasteiger partial charge in [-0.3, -0.25) is 4.79 Å². The number of hydrogen-bond acceptors (Lipinski definition) is 4. The summed E-state index contributed by atoms with van der Waals surface area (Å²) < 4.78 is 4.85. The third-order valence-corrected chi connectivity index (χ3v) is 2.49. The van der Waals surface area contributed by atoms with Crippen molar-refractivity contribution in [2.45, 2.75) is 6.92 Å². The Bertz CT molecular complexity index is 669. The van der Waals surface area contributed by atoms with E-state index in [0.717, 1.165) is 0 Å². The van der Waals surface area contributed by atoms with Gasteiger partial charge in [0.05, 0.1) is 12.2 Å². The van der Waals surface area contributed by atoms with Gasteiger partial charge >= 0.3 is 11.7 Å². The molecule has 1 aromatic carbocycles. The molecule has 1 amide bonds. The summed E-state index contributed by atoms with van der Waals surface area (Å²) in [5, 5.41) is 2.59. The Morgan fingerprint density at radius 1 is 1.25 bits per heavy atom. The molecule has 0 saturated carbocycles. The SMILES string of the molecule is CCOC(=O)c1ccc(NC(=O)c2c[nH]c(=O)[nH]2)cc1. The highest BCUT2D eigenvalue weighted by atomic mass is 16.5.